The molecule has 0 saturated heterocycles. The van der Waals surface area contributed by atoms with Crippen LogP contribution in [-0.4, -0.2) is 19.4 Å². The van der Waals surface area contributed by atoms with Crippen LogP contribution in [0.4, 0.5) is 5.69 Å². The van der Waals surface area contributed by atoms with Crippen molar-refractivity contribution >= 4 is 17.0 Å². The van der Waals surface area contributed by atoms with Crippen molar-refractivity contribution in [1.82, 2.24) is 0 Å². The van der Waals surface area contributed by atoms with E-state index in [4.69, 9.17) is 0 Å². The summed E-state index contributed by atoms with van der Waals surface area (Å²) < 4.78 is 0. The molecule has 0 N–H and O–H groups in total. The first-order valence-electron chi connectivity index (χ1n) is 8.55. The largest absolute Gasteiger partial charge is 0.370 e. The van der Waals surface area contributed by atoms with E-state index < -0.39 is 0 Å². The highest BCUT2D eigenvalue weighted by molar-refractivity contribution is 6.14. The summed E-state index contributed by atoms with van der Waals surface area (Å²) in [5.41, 5.74) is 5.40. The van der Waals surface area contributed by atoms with Gasteiger partial charge in [0.15, 0.2) is 5.78 Å². The first kappa shape index (κ1) is 14.9. The third-order valence-corrected chi connectivity index (χ3v) is 4.78. The Morgan fingerprint density at radius 1 is 1.04 bits per heavy atom. The summed E-state index contributed by atoms with van der Waals surface area (Å²) in [7, 11) is 2.05. The van der Waals surface area contributed by atoms with Crippen LogP contribution in [0.3, 0.4) is 0 Å². The fraction of sp³-hybridized carbons (Fsp3) is 0.227. The number of carbonyl (C=O) groups excluding carboxylic acids is 1. The summed E-state index contributed by atoms with van der Waals surface area (Å²) in [5.74, 6) is 0.755. The van der Waals surface area contributed by atoms with Crippen LogP contribution in [-0.2, 0) is 4.79 Å². The van der Waals surface area contributed by atoms with Gasteiger partial charge in [-0.1, -0.05) is 54.6 Å². The highest BCUT2D eigenvalue weighted by Gasteiger charge is 2.26. The molecular formula is C22H21NO. The maximum Gasteiger partial charge on any atom is 0.183 e. The molecule has 0 bridgehead atoms. The molecule has 0 spiro atoms. The first-order valence-corrected chi connectivity index (χ1v) is 8.55. The number of rotatable bonds is 4. The van der Waals surface area contributed by atoms with Crippen molar-refractivity contribution in [2.45, 2.75) is 12.8 Å². The molecule has 0 radical (unpaired) electrons. The molecule has 2 aromatic carbocycles. The lowest BCUT2D eigenvalue weighted by Gasteiger charge is -2.31. The second-order valence-electron chi connectivity index (χ2n) is 6.65. The Hall–Kier alpha value is -2.61. The summed E-state index contributed by atoms with van der Waals surface area (Å²) >= 11 is 0. The smallest absolute Gasteiger partial charge is 0.183 e. The lowest BCUT2D eigenvalue weighted by molar-refractivity contribution is -0.111. The van der Waals surface area contributed by atoms with E-state index in [-0.39, 0.29) is 5.78 Å². The molecule has 1 fully saturated rings. The molecule has 24 heavy (non-hydrogen) atoms. The Balaban J connectivity index is 1.86. The minimum absolute atomic E-state index is 0.141. The molecule has 2 aromatic rings. The van der Waals surface area contributed by atoms with Gasteiger partial charge >= 0.3 is 0 Å². The second-order valence-corrected chi connectivity index (χ2v) is 6.65. The Bertz CT molecular complexity index is 828. The van der Waals surface area contributed by atoms with E-state index in [1.165, 1.54) is 18.5 Å². The molecule has 2 heteroatoms. The molecule has 4 rings (SSSR count). The number of hydrogen-bond acceptors (Lipinski definition) is 2. The fourth-order valence-electron chi connectivity index (χ4n) is 3.33. The molecule has 1 heterocycles. The van der Waals surface area contributed by atoms with Gasteiger partial charge in [-0.25, -0.2) is 0 Å². The van der Waals surface area contributed by atoms with Crippen LogP contribution in [0.25, 0.3) is 5.57 Å². The summed E-state index contributed by atoms with van der Waals surface area (Å²) in [4.78, 5) is 15.1. The Morgan fingerprint density at radius 3 is 2.50 bits per heavy atom. The van der Waals surface area contributed by atoms with E-state index >= 15 is 0 Å². The van der Waals surface area contributed by atoms with Gasteiger partial charge in [-0.15, -0.1) is 0 Å². The highest BCUT2D eigenvalue weighted by Crippen LogP contribution is 2.38. The molecule has 0 amide bonds. The molecule has 0 aromatic heterocycles. The zero-order chi connectivity index (χ0) is 16.5. The number of hydrogen-bond donors (Lipinski definition) is 0. The summed E-state index contributed by atoms with van der Waals surface area (Å²) in [6.45, 7) is 0.648. The van der Waals surface area contributed by atoms with E-state index in [2.05, 4.69) is 48.4 Å². The number of likely N-dealkylation sites (N-methyl/N-ethyl adjacent to an activating group) is 1. The van der Waals surface area contributed by atoms with Crippen LogP contribution >= 0.6 is 0 Å². The minimum atomic E-state index is 0.141. The van der Waals surface area contributed by atoms with Gasteiger partial charge in [-0.05, 0) is 42.0 Å². The number of carbonyl (C=O) groups is 1. The Kier molecular flexibility index (Phi) is 3.81. The van der Waals surface area contributed by atoms with E-state index in [1.54, 1.807) is 6.08 Å². The number of benzene rings is 2. The van der Waals surface area contributed by atoms with E-state index in [1.807, 2.05) is 24.3 Å². The normalized spacial score (nSPS) is 17.3. The maximum absolute atomic E-state index is 12.9. The van der Waals surface area contributed by atoms with Gasteiger partial charge in [0.05, 0.1) is 0 Å². The third kappa shape index (κ3) is 2.80. The van der Waals surface area contributed by atoms with Gasteiger partial charge in [0.25, 0.3) is 0 Å². The van der Waals surface area contributed by atoms with Crippen molar-refractivity contribution in [3.8, 4) is 0 Å². The predicted molar refractivity (Wildman–Crippen MR) is 99.0 cm³/mol. The number of allylic oxidation sites excluding steroid dienone is 2. The van der Waals surface area contributed by atoms with E-state index in [9.17, 15) is 4.79 Å². The monoisotopic (exact) mass is 315 g/mol. The number of ketones is 1. The molecule has 2 aliphatic rings. The van der Waals surface area contributed by atoms with Crippen LogP contribution in [0.1, 0.15) is 24.0 Å². The zero-order valence-corrected chi connectivity index (χ0v) is 13.9. The fourth-order valence-corrected chi connectivity index (χ4v) is 3.33. The molecule has 120 valence electrons. The van der Waals surface area contributed by atoms with Crippen LogP contribution in [0.5, 0.6) is 0 Å². The maximum atomic E-state index is 12.9. The van der Waals surface area contributed by atoms with Crippen LogP contribution in [0.15, 0.2) is 72.3 Å². The first-order chi connectivity index (χ1) is 11.7. The number of fused-ring (bicyclic) bond motifs is 1. The molecule has 1 aliphatic heterocycles. The van der Waals surface area contributed by atoms with E-state index in [0.717, 1.165) is 22.3 Å². The van der Waals surface area contributed by atoms with Crippen molar-refractivity contribution < 1.29 is 4.79 Å². The van der Waals surface area contributed by atoms with Crippen molar-refractivity contribution in [3.63, 3.8) is 0 Å². The second kappa shape index (κ2) is 6.12. The summed E-state index contributed by atoms with van der Waals surface area (Å²) in [5, 5.41) is 0. The van der Waals surface area contributed by atoms with Gasteiger partial charge in [-0.3, -0.25) is 4.79 Å². The molecule has 2 nitrogen and oxygen atoms in total. The van der Waals surface area contributed by atoms with Crippen molar-refractivity contribution in [3.05, 3.63) is 83.4 Å². The molecule has 0 unspecified atom stereocenters. The van der Waals surface area contributed by atoms with Gasteiger partial charge in [0.2, 0.25) is 0 Å². The number of nitrogens with zero attached hydrogens (tertiary/aromatic N) is 1. The van der Waals surface area contributed by atoms with Gasteiger partial charge < -0.3 is 4.90 Å². The molecule has 1 saturated carbocycles. The molecular weight excluding hydrogens is 294 g/mol. The van der Waals surface area contributed by atoms with E-state index in [0.29, 0.717) is 12.5 Å². The van der Waals surface area contributed by atoms with Crippen LogP contribution in [0, 0.1) is 5.92 Å². The summed E-state index contributed by atoms with van der Waals surface area (Å²) in [6.07, 6.45) is 6.31. The van der Waals surface area contributed by atoms with Crippen LogP contribution in [0.2, 0.25) is 0 Å². The average Bonchev–Trinajstić information content (AvgIpc) is 3.45. The van der Waals surface area contributed by atoms with Crippen molar-refractivity contribution in [1.29, 1.82) is 0 Å². The van der Waals surface area contributed by atoms with Crippen molar-refractivity contribution in [2.75, 3.05) is 18.5 Å². The topological polar surface area (TPSA) is 20.3 Å². The van der Waals surface area contributed by atoms with Gasteiger partial charge in [0, 0.05) is 30.4 Å². The number of anilines is 1. The standard InChI is InChI=1S/C22H21NO/c1-23-15-19(21(24)14-13-16-11-12-16)22(17-7-3-2-4-8-17)18-9-5-6-10-20(18)23/h2-10,13-14,16H,11-12,15H2,1H3/b14-13+. The highest BCUT2D eigenvalue weighted by atomic mass is 16.1. The number of para-hydroxylation sites is 1. The summed E-state index contributed by atoms with van der Waals surface area (Å²) in [6, 6.07) is 18.6. The SMILES string of the molecule is CN1CC(C(=O)/C=C/C2CC2)=C(c2ccccc2)c2ccccc21. The Labute approximate surface area is 143 Å². The molecule has 0 atom stereocenters. The minimum Gasteiger partial charge on any atom is -0.370 e. The third-order valence-electron chi connectivity index (χ3n) is 4.78. The lowest BCUT2D eigenvalue weighted by atomic mass is 9.86. The average molecular weight is 315 g/mol. The quantitative estimate of drug-likeness (QED) is 0.776. The van der Waals surface area contributed by atoms with Crippen LogP contribution < -0.4 is 4.90 Å². The van der Waals surface area contributed by atoms with Gasteiger partial charge in [0.1, 0.15) is 0 Å². The van der Waals surface area contributed by atoms with Crippen molar-refractivity contribution in [2.24, 2.45) is 5.92 Å². The van der Waals surface area contributed by atoms with Gasteiger partial charge in [-0.2, -0.15) is 0 Å². The predicted octanol–water partition coefficient (Wildman–Crippen LogP) is 4.47. The molecule has 1 aliphatic carbocycles. The Morgan fingerprint density at radius 2 is 1.75 bits per heavy atom. The zero-order valence-electron chi connectivity index (χ0n) is 13.9. The lowest BCUT2D eigenvalue weighted by Crippen LogP contribution is -2.29.